The van der Waals surface area contributed by atoms with Crippen LogP contribution in [0.2, 0.25) is 5.02 Å². The minimum Gasteiger partial charge on any atom is -0.373 e. The van der Waals surface area contributed by atoms with Crippen molar-refractivity contribution in [3.8, 4) is 11.3 Å². The molecule has 0 atom stereocenters. The summed E-state index contributed by atoms with van der Waals surface area (Å²) in [6.07, 6.45) is 0. The van der Waals surface area contributed by atoms with E-state index in [1.54, 1.807) is 0 Å². The number of anilines is 1. The molecule has 4 heteroatoms. The summed E-state index contributed by atoms with van der Waals surface area (Å²) < 4.78 is 0. The predicted octanol–water partition coefficient (Wildman–Crippen LogP) is 4.27. The summed E-state index contributed by atoms with van der Waals surface area (Å²) in [5.41, 5.74) is 2.86. The van der Waals surface area contributed by atoms with Gasteiger partial charge in [-0.3, -0.25) is 0 Å². The molecule has 2 aromatic rings. The van der Waals surface area contributed by atoms with Gasteiger partial charge in [0.15, 0.2) is 0 Å². The summed E-state index contributed by atoms with van der Waals surface area (Å²) in [5, 5.41) is 3.84. The van der Waals surface area contributed by atoms with Crippen LogP contribution in [0.4, 0.5) is 5.82 Å². The monoisotopic (exact) mass is 275 g/mol. The number of hydrogen-bond donors (Lipinski definition) is 1. The van der Waals surface area contributed by atoms with E-state index in [2.05, 4.69) is 29.1 Å². The molecule has 0 aliphatic carbocycles. The van der Waals surface area contributed by atoms with E-state index in [0.29, 0.717) is 5.02 Å². The Morgan fingerprint density at radius 1 is 1.16 bits per heavy atom. The van der Waals surface area contributed by atoms with Crippen LogP contribution in [0.15, 0.2) is 24.3 Å². The van der Waals surface area contributed by atoms with E-state index in [1.165, 1.54) is 0 Å². The number of hydrogen-bond acceptors (Lipinski definition) is 3. The highest BCUT2D eigenvalue weighted by atomic mass is 35.5. The Kier molecular flexibility index (Phi) is 4.05. The highest BCUT2D eigenvalue weighted by Crippen LogP contribution is 2.32. The van der Waals surface area contributed by atoms with Gasteiger partial charge in [0, 0.05) is 29.1 Å². The number of benzene rings is 1. The fourth-order valence-electron chi connectivity index (χ4n) is 1.95. The number of rotatable bonds is 3. The van der Waals surface area contributed by atoms with Gasteiger partial charge in [-0.1, -0.05) is 43.6 Å². The second kappa shape index (κ2) is 5.57. The zero-order chi connectivity index (χ0) is 14.0. The Morgan fingerprint density at radius 3 is 2.42 bits per heavy atom. The molecule has 19 heavy (non-hydrogen) atoms. The van der Waals surface area contributed by atoms with Crippen molar-refractivity contribution in [1.29, 1.82) is 0 Å². The highest BCUT2D eigenvalue weighted by Gasteiger charge is 2.15. The highest BCUT2D eigenvalue weighted by molar-refractivity contribution is 6.33. The minimum absolute atomic E-state index is 0.272. The van der Waals surface area contributed by atoms with Crippen LogP contribution in [0.3, 0.4) is 0 Å². The average molecular weight is 276 g/mol. The third kappa shape index (κ3) is 2.71. The maximum Gasteiger partial charge on any atom is 0.133 e. The van der Waals surface area contributed by atoms with Gasteiger partial charge in [0.1, 0.15) is 11.6 Å². The Bertz CT molecular complexity index is 594. The molecule has 1 heterocycles. The van der Waals surface area contributed by atoms with Gasteiger partial charge in [-0.15, -0.1) is 0 Å². The molecule has 0 amide bonds. The van der Waals surface area contributed by atoms with Crippen LogP contribution in [0.5, 0.6) is 0 Å². The molecule has 0 fully saturated rings. The molecule has 100 valence electrons. The van der Waals surface area contributed by atoms with Crippen molar-refractivity contribution in [2.24, 2.45) is 0 Å². The smallest absolute Gasteiger partial charge is 0.133 e. The Morgan fingerprint density at radius 2 is 1.84 bits per heavy atom. The molecule has 0 saturated heterocycles. The maximum atomic E-state index is 6.28. The van der Waals surface area contributed by atoms with Crippen molar-refractivity contribution >= 4 is 17.4 Å². The second-order valence-corrected chi connectivity index (χ2v) is 5.20. The third-order valence-corrected chi connectivity index (χ3v) is 3.37. The topological polar surface area (TPSA) is 37.8 Å². The summed E-state index contributed by atoms with van der Waals surface area (Å²) in [5.74, 6) is 1.95. The molecule has 3 nitrogen and oxygen atoms in total. The lowest BCUT2D eigenvalue weighted by Gasteiger charge is -2.14. The van der Waals surface area contributed by atoms with E-state index in [-0.39, 0.29) is 5.92 Å². The Labute approximate surface area is 119 Å². The van der Waals surface area contributed by atoms with Gasteiger partial charge in [0.2, 0.25) is 0 Å². The first-order chi connectivity index (χ1) is 9.04. The SMILES string of the molecule is CNc1nc(C(C)C)nc(-c2ccccc2Cl)c1C. The lowest BCUT2D eigenvalue weighted by atomic mass is 10.1. The summed E-state index contributed by atoms with van der Waals surface area (Å²) in [6, 6.07) is 7.76. The van der Waals surface area contributed by atoms with E-state index in [1.807, 2.05) is 38.2 Å². The molecule has 1 aromatic heterocycles. The van der Waals surface area contributed by atoms with Crippen molar-refractivity contribution in [3.05, 3.63) is 40.7 Å². The first kappa shape index (κ1) is 13.8. The van der Waals surface area contributed by atoms with E-state index in [0.717, 1.165) is 28.5 Å². The zero-order valence-corrected chi connectivity index (χ0v) is 12.4. The summed E-state index contributed by atoms with van der Waals surface area (Å²) in [6.45, 7) is 6.18. The van der Waals surface area contributed by atoms with Crippen LogP contribution in [-0.2, 0) is 0 Å². The fraction of sp³-hybridized carbons (Fsp3) is 0.333. The zero-order valence-electron chi connectivity index (χ0n) is 11.7. The number of nitrogens with one attached hydrogen (secondary N) is 1. The molecule has 1 N–H and O–H groups in total. The van der Waals surface area contributed by atoms with E-state index in [4.69, 9.17) is 11.6 Å². The quantitative estimate of drug-likeness (QED) is 0.909. The molecule has 0 unspecified atom stereocenters. The molecule has 1 aromatic carbocycles. The Balaban J connectivity index is 2.69. The summed E-state index contributed by atoms with van der Waals surface area (Å²) in [7, 11) is 1.87. The molecule has 0 spiro atoms. The van der Waals surface area contributed by atoms with Gasteiger partial charge in [0.25, 0.3) is 0 Å². The molecular weight excluding hydrogens is 258 g/mol. The third-order valence-electron chi connectivity index (χ3n) is 3.05. The van der Waals surface area contributed by atoms with Crippen molar-refractivity contribution in [3.63, 3.8) is 0 Å². The van der Waals surface area contributed by atoms with Crippen LogP contribution in [0.25, 0.3) is 11.3 Å². The molecule has 0 radical (unpaired) electrons. The normalized spacial score (nSPS) is 10.8. The predicted molar refractivity (Wildman–Crippen MR) is 80.9 cm³/mol. The number of halogens is 1. The molecule has 0 saturated carbocycles. The van der Waals surface area contributed by atoms with Gasteiger partial charge < -0.3 is 5.32 Å². The first-order valence-corrected chi connectivity index (χ1v) is 6.73. The van der Waals surface area contributed by atoms with Gasteiger partial charge in [-0.25, -0.2) is 9.97 Å². The van der Waals surface area contributed by atoms with Crippen molar-refractivity contribution in [2.45, 2.75) is 26.7 Å². The van der Waals surface area contributed by atoms with Crippen LogP contribution in [0.1, 0.15) is 31.2 Å². The van der Waals surface area contributed by atoms with Gasteiger partial charge in [-0.05, 0) is 13.0 Å². The van der Waals surface area contributed by atoms with E-state index < -0.39 is 0 Å². The van der Waals surface area contributed by atoms with Gasteiger partial charge in [-0.2, -0.15) is 0 Å². The van der Waals surface area contributed by atoms with Gasteiger partial charge in [0.05, 0.1) is 5.69 Å². The van der Waals surface area contributed by atoms with Crippen LogP contribution >= 0.6 is 11.6 Å². The van der Waals surface area contributed by atoms with Crippen molar-refractivity contribution < 1.29 is 0 Å². The standard InChI is InChI=1S/C15H18ClN3/c1-9(2)14-18-13(10(3)15(17-4)19-14)11-7-5-6-8-12(11)16/h5-9H,1-4H3,(H,17,18,19). The molecule has 0 aliphatic heterocycles. The van der Waals surface area contributed by atoms with E-state index in [9.17, 15) is 0 Å². The van der Waals surface area contributed by atoms with Crippen LogP contribution < -0.4 is 5.32 Å². The van der Waals surface area contributed by atoms with Crippen LogP contribution in [-0.4, -0.2) is 17.0 Å². The fourth-order valence-corrected chi connectivity index (χ4v) is 2.18. The molecule has 0 aliphatic rings. The second-order valence-electron chi connectivity index (χ2n) is 4.79. The average Bonchev–Trinajstić information content (AvgIpc) is 2.39. The molecule has 0 bridgehead atoms. The summed E-state index contributed by atoms with van der Waals surface area (Å²) in [4.78, 5) is 9.22. The number of nitrogens with zero attached hydrogens (tertiary/aromatic N) is 2. The van der Waals surface area contributed by atoms with Crippen molar-refractivity contribution in [2.75, 3.05) is 12.4 Å². The summed E-state index contributed by atoms with van der Waals surface area (Å²) >= 11 is 6.28. The first-order valence-electron chi connectivity index (χ1n) is 6.35. The van der Waals surface area contributed by atoms with Crippen molar-refractivity contribution in [1.82, 2.24) is 9.97 Å². The lowest BCUT2D eigenvalue weighted by molar-refractivity contribution is 0.775. The minimum atomic E-state index is 0.272. The Hall–Kier alpha value is -1.61. The maximum absolute atomic E-state index is 6.28. The largest absolute Gasteiger partial charge is 0.373 e. The van der Waals surface area contributed by atoms with E-state index >= 15 is 0 Å². The number of aromatic nitrogens is 2. The van der Waals surface area contributed by atoms with Crippen LogP contribution in [0, 0.1) is 6.92 Å². The lowest BCUT2D eigenvalue weighted by Crippen LogP contribution is -2.06. The van der Waals surface area contributed by atoms with Gasteiger partial charge >= 0.3 is 0 Å². The molecular formula is C15H18ClN3. The molecule has 2 rings (SSSR count).